The van der Waals surface area contributed by atoms with E-state index in [0.29, 0.717) is 5.69 Å². The Morgan fingerprint density at radius 2 is 1.65 bits per heavy atom. The number of imide groups is 1. The highest BCUT2D eigenvalue weighted by Gasteiger charge is 2.37. The van der Waals surface area contributed by atoms with Gasteiger partial charge in [-0.25, -0.2) is 4.90 Å². The van der Waals surface area contributed by atoms with Crippen molar-refractivity contribution < 1.29 is 14.5 Å². The van der Waals surface area contributed by atoms with Crippen LogP contribution in [0.3, 0.4) is 0 Å². The number of rotatable bonds is 4. The number of fused-ring (bicyclic) bond motifs is 1. The summed E-state index contributed by atoms with van der Waals surface area (Å²) in [5, 5.41) is 10.8. The summed E-state index contributed by atoms with van der Waals surface area (Å²) in [6, 6.07) is 10.9. The van der Waals surface area contributed by atoms with Crippen molar-refractivity contribution in [3.63, 3.8) is 0 Å². The van der Waals surface area contributed by atoms with Gasteiger partial charge in [0.2, 0.25) is 0 Å². The maximum atomic E-state index is 12.5. The molecule has 0 N–H and O–H groups in total. The number of nitro benzene ring substituents is 1. The molecule has 3 rings (SSSR count). The zero-order valence-electron chi connectivity index (χ0n) is 12.5. The topological polar surface area (TPSA) is 80.5 Å². The summed E-state index contributed by atoms with van der Waals surface area (Å²) in [6.45, 7) is 2.07. The average molecular weight is 310 g/mol. The summed E-state index contributed by atoms with van der Waals surface area (Å²) >= 11 is 0. The molecule has 116 valence electrons. The summed E-state index contributed by atoms with van der Waals surface area (Å²) in [7, 11) is 0. The van der Waals surface area contributed by atoms with Gasteiger partial charge < -0.3 is 0 Å². The molecular weight excluding hydrogens is 296 g/mol. The maximum absolute atomic E-state index is 12.5. The van der Waals surface area contributed by atoms with E-state index in [9.17, 15) is 19.7 Å². The van der Waals surface area contributed by atoms with Crippen molar-refractivity contribution in [1.29, 1.82) is 0 Å². The van der Waals surface area contributed by atoms with E-state index < -0.39 is 16.7 Å². The Hall–Kier alpha value is -3.02. The molecular formula is C17H14N2O4. The molecule has 6 heteroatoms. The Labute approximate surface area is 132 Å². The number of anilines is 1. The number of hydrogen-bond donors (Lipinski definition) is 0. The number of carbonyl (C=O) groups excluding carboxylic acids is 2. The number of benzene rings is 2. The third-order valence-electron chi connectivity index (χ3n) is 3.81. The smallest absolute Gasteiger partial charge is 0.268 e. The predicted octanol–water partition coefficient (Wildman–Crippen LogP) is 3.35. The second kappa shape index (κ2) is 5.64. The molecule has 0 aliphatic carbocycles. The first kappa shape index (κ1) is 14.9. The predicted molar refractivity (Wildman–Crippen MR) is 84.7 cm³/mol. The van der Waals surface area contributed by atoms with Gasteiger partial charge in [0.25, 0.3) is 17.5 Å². The molecule has 0 unspecified atom stereocenters. The van der Waals surface area contributed by atoms with Crippen molar-refractivity contribution in [2.24, 2.45) is 0 Å². The molecule has 0 radical (unpaired) electrons. The quantitative estimate of drug-likeness (QED) is 0.492. The van der Waals surface area contributed by atoms with Gasteiger partial charge >= 0.3 is 0 Å². The normalized spacial score (nSPS) is 13.3. The molecule has 6 nitrogen and oxygen atoms in total. The van der Waals surface area contributed by atoms with Crippen LogP contribution < -0.4 is 4.90 Å². The van der Waals surface area contributed by atoms with Crippen LogP contribution in [0.4, 0.5) is 11.4 Å². The monoisotopic (exact) mass is 310 g/mol. The lowest BCUT2D eigenvalue weighted by Crippen LogP contribution is -2.29. The van der Waals surface area contributed by atoms with Crippen molar-refractivity contribution in [3.8, 4) is 0 Å². The third kappa shape index (κ3) is 2.48. The fraction of sp³-hybridized carbons (Fsp3) is 0.176. The van der Waals surface area contributed by atoms with Crippen LogP contribution in [0.2, 0.25) is 0 Å². The molecule has 0 bridgehead atoms. The fourth-order valence-corrected chi connectivity index (χ4v) is 2.68. The number of amides is 2. The van der Waals surface area contributed by atoms with Gasteiger partial charge in [0.1, 0.15) is 0 Å². The SMILES string of the molecule is CCCc1ccc(N2C(=O)c3ccc([N+](=O)[O-])cc3C2=O)cc1. The van der Waals surface area contributed by atoms with Gasteiger partial charge in [-0.3, -0.25) is 19.7 Å². The highest BCUT2D eigenvalue weighted by atomic mass is 16.6. The van der Waals surface area contributed by atoms with Crippen molar-refractivity contribution in [2.75, 3.05) is 4.90 Å². The summed E-state index contributed by atoms with van der Waals surface area (Å²) in [5.74, 6) is -0.986. The van der Waals surface area contributed by atoms with Crippen LogP contribution in [0.1, 0.15) is 39.6 Å². The number of aryl methyl sites for hydroxylation is 1. The Morgan fingerprint density at radius 1 is 1.00 bits per heavy atom. The van der Waals surface area contributed by atoms with Crippen molar-refractivity contribution in [1.82, 2.24) is 0 Å². The summed E-state index contributed by atoms with van der Waals surface area (Å²) < 4.78 is 0. The Balaban J connectivity index is 1.98. The number of nitrogens with zero attached hydrogens (tertiary/aromatic N) is 2. The van der Waals surface area contributed by atoms with Gasteiger partial charge in [-0.05, 0) is 30.2 Å². The molecule has 0 atom stereocenters. The van der Waals surface area contributed by atoms with Gasteiger partial charge in [-0.15, -0.1) is 0 Å². The van der Waals surface area contributed by atoms with Crippen molar-refractivity contribution >= 4 is 23.2 Å². The second-order valence-corrected chi connectivity index (χ2v) is 5.35. The van der Waals surface area contributed by atoms with Crippen molar-refractivity contribution in [2.45, 2.75) is 19.8 Å². The van der Waals surface area contributed by atoms with Crippen LogP contribution >= 0.6 is 0 Å². The molecule has 0 fully saturated rings. The number of carbonyl (C=O) groups is 2. The molecule has 1 aliphatic rings. The van der Waals surface area contributed by atoms with E-state index in [1.165, 1.54) is 12.1 Å². The number of non-ortho nitro benzene ring substituents is 1. The van der Waals surface area contributed by atoms with Gasteiger partial charge in [0.15, 0.2) is 0 Å². The van der Waals surface area contributed by atoms with Crippen LogP contribution in [0, 0.1) is 10.1 Å². The zero-order valence-corrected chi connectivity index (χ0v) is 12.5. The molecule has 1 aliphatic heterocycles. The highest BCUT2D eigenvalue weighted by Crippen LogP contribution is 2.30. The van der Waals surface area contributed by atoms with Crippen LogP contribution in [-0.4, -0.2) is 16.7 Å². The molecule has 0 saturated carbocycles. The first-order valence-corrected chi connectivity index (χ1v) is 7.29. The summed E-state index contributed by atoms with van der Waals surface area (Å²) in [6.07, 6.45) is 1.94. The summed E-state index contributed by atoms with van der Waals surface area (Å²) in [5.41, 5.74) is 1.66. The molecule has 1 heterocycles. The van der Waals surface area contributed by atoms with E-state index in [1.54, 1.807) is 12.1 Å². The maximum Gasteiger partial charge on any atom is 0.270 e. The lowest BCUT2D eigenvalue weighted by atomic mass is 10.1. The van der Waals surface area contributed by atoms with Crippen LogP contribution in [0.15, 0.2) is 42.5 Å². The minimum atomic E-state index is -0.583. The van der Waals surface area contributed by atoms with E-state index in [4.69, 9.17) is 0 Å². The molecule has 0 aromatic heterocycles. The van der Waals surface area contributed by atoms with Crippen LogP contribution in [0.25, 0.3) is 0 Å². The Bertz CT molecular complexity index is 812. The number of nitro groups is 1. The Morgan fingerprint density at radius 3 is 2.26 bits per heavy atom. The lowest BCUT2D eigenvalue weighted by molar-refractivity contribution is -0.384. The largest absolute Gasteiger partial charge is 0.270 e. The van der Waals surface area contributed by atoms with E-state index in [0.717, 1.165) is 29.4 Å². The number of hydrogen-bond acceptors (Lipinski definition) is 4. The highest BCUT2D eigenvalue weighted by molar-refractivity contribution is 6.34. The molecule has 2 aromatic rings. The first-order chi connectivity index (χ1) is 11.0. The zero-order chi connectivity index (χ0) is 16.6. The van der Waals surface area contributed by atoms with Crippen LogP contribution in [-0.2, 0) is 6.42 Å². The Kier molecular flexibility index (Phi) is 3.65. The average Bonchev–Trinajstić information content (AvgIpc) is 2.80. The van der Waals surface area contributed by atoms with Crippen molar-refractivity contribution in [3.05, 3.63) is 69.3 Å². The minimum absolute atomic E-state index is 0.0711. The van der Waals surface area contributed by atoms with Gasteiger partial charge in [0, 0.05) is 12.1 Å². The lowest BCUT2D eigenvalue weighted by Gasteiger charge is -2.14. The molecule has 23 heavy (non-hydrogen) atoms. The first-order valence-electron chi connectivity index (χ1n) is 7.29. The summed E-state index contributed by atoms with van der Waals surface area (Å²) in [4.78, 5) is 36.2. The molecule has 2 amide bonds. The second-order valence-electron chi connectivity index (χ2n) is 5.35. The molecule has 0 saturated heterocycles. The van der Waals surface area contributed by atoms with Gasteiger partial charge in [-0.2, -0.15) is 0 Å². The van der Waals surface area contributed by atoms with E-state index in [-0.39, 0.29) is 16.8 Å². The standard InChI is InChI=1S/C17H14N2O4/c1-2-3-11-4-6-12(7-5-11)18-16(20)14-9-8-13(19(22)23)10-15(14)17(18)21/h4-10H,2-3H2,1H3. The third-order valence-corrected chi connectivity index (χ3v) is 3.81. The van der Waals surface area contributed by atoms with E-state index in [1.807, 2.05) is 12.1 Å². The molecule has 0 spiro atoms. The van der Waals surface area contributed by atoms with Gasteiger partial charge in [-0.1, -0.05) is 25.5 Å². The van der Waals surface area contributed by atoms with E-state index in [2.05, 4.69) is 6.92 Å². The fourth-order valence-electron chi connectivity index (χ4n) is 2.68. The van der Waals surface area contributed by atoms with Crippen LogP contribution in [0.5, 0.6) is 0 Å². The van der Waals surface area contributed by atoms with E-state index >= 15 is 0 Å². The molecule has 2 aromatic carbocycles. The minimum Gasteiger partial charge on any atom is -0.268 e. The van der Waals surface area contributed by atoms with Gasteiger partial charge in [0.05, 0.1) is 21.7 Å².